The molecule has 2 fully saturated rings. The number of amides is 1. The van der Waals surface area contributed by atoms with Crippen molar-refractivity contribution in [3.8, 4) is 0 Å². The molecule has 11 heteroatoms. The Morgan fingerprint density at radius 1 is 1.38 bits per heavy atom. The van der Waals surface area contributed by atoms with Gasteiger partial charge in [-0.05, 0) is 44.2 Å². The van der Waals surface area contributed by atoms with Crippen LogP contribution in [0.2, 0.25) is 0 Å². The van der Waals surface area contributed by atoms with E-state index in [9.17, 15) is 4.79 Å². The van der Waals surface area contributed by atoms with E-state index in [1.165, 1.54) is 22.7 Å². The molecule has 3 aliphatic rings. The maximum Gasteiger partial charge on any atom is 0.263 e. The lowest BCUT2D eigenvalue weighted by atomic mass is 9.83. The van der Waals surface area contributed by atoms with Crippen molar-refractivity contribution in [3.05, 3.63) is 33.0 Å². The number of carbonyl (C=O) groups is 1. The summed E-state index contributed by atoms with van der Waals surface area (Å²) >= 11 is 2.82. The number of nitrogen functional groups attached to an aromatic ring is 1. The Morgan fingerprint density at radius 3 is 3.00 bits per heavy atom. The molecule has 0 bridgehead atoms. The van der Waals surface area contributed by atoms with E-state index >= 15 is 4.39 Å². The molecule has 0 radical (unpaired) electrons. The van der Waals surface area contributed by atoms with E-state index in [1.54, 1.807) is 6.07 Å². The standard InChI is InChI=1S/C23H27FN6O2S2/c1-11-27-22-19(33-11)17(26)18(34-22)21(31)28-13-2-3-15-12(6-13)7-14(24)20(29-15)30-8-16(25)23(9-30)4-5-32-10-23/h7,13,16H,2-6,8-10,25-26H2,1H3,(H,28,31). The number of carbonyl (C=O) groups excluding carboxylic acids is 1. The van der Waals surface area contributed by atoms with Crippen LogP contribution in [0.15, 0.2) is 6.07 Å². The number of halogens is 1. The van der Waals surface area contributed by atoms with Crippen molar-refractivity contribution in [2.45, 2.75) is 44.7 Å². The van der Waals surface area contributed by atoms with E-state index < -0.39 is 0 Å². The van der Waals surface area contributed by atoms with Crippen LogP contribution in [0.4, 0.5) is 15.9 Å². The number of nitrogens with zero attached hydrogens (tertiary/aromatic N) is 3. The molecule has 5 heterocycles. The summed E-state index contributed by atoms with van der Waals surface area (Å²) in [6.45, 7) is 4.51. The molecule has 1 amide bonds. The van der Waals surface area contributed by atoms with E-state index in [2.05, 4.69) is 10.3 Å². The van der Waals surface area contributed by atoms with Gasteiger partial charge in [0, 0.05) is 42.9 Å². The normalized spacial score (nSPS) is 26.5. The third kappa shape index (κ3) is 3.57. The highest BCUT2D eigenvalue weighted by atomic mass is 32.1. The van der Waals surface area contributed by atoms with Gasteiger partial charge in [-0.3, -0.25) is 4.79 Å². The number of fused-ring (bicyclic) bond motifs is 2. The van der Waals surface area contributed by atoms with E-state index in [4.69, 9.17) is 21.2 Å². The predicted molar refractivity (Wildman–Crippen MR) is 132 cm³/mol. The lowest BCUT2D eigenvalue weighted by molar-refractivity contribution is 0.0938. The van der Waals surface area contributed by atoms with E-state index in [-0.39, 0.29) is 29.2 Å². The molecule has 6 rings (SSSR count). The van der Waals surface area contributed by atoms with Crippen molar-refractivity contribution in [2.75, 3.05) is 36.9 Å². The van der Waals surface area contributed by atoms with Crippen LogP contribution in [0.5, 0.6) is 0 Å². The minimum Gasteiger partial charge on any atom is -0.396 e. The summed E-state index contributed by atoms with van der Waals surface area (Å²) in [7, 11) is 0. The van der Waals surface area contributed by atoms with Gasteiger partial charge in [0.2, 0.25) is 0 Å². The number of hydrogen-bond donors (Lipinski definition) is 3. The van der Waals surface area contributed by atoms with E-state index in [0.29, 0.717) is 55.5 Å². The van der Waals surface area contributed by atoms with Crippen molar-refractivity contribution in [1.82, 2.24) is 15.3 Å². The SMILES string of the molecule is Cc1nc2sc(C(=O)NC3CCc4nc(N5CC(N)C6(CCOC6)C5)c(F)cc4C3)c(N)c2s1. The number of aryl methyl sites for hydroxylation is 2. The molecule has 3 unspecified atom stereocenters. The largest absolute Gasteiger partial charge is 0.396 e. The summed E-state index contributed by atoms with van der Waals surface area (Å²) in [5, 5.41) is 4.02. The van der Waals surface area contributed by atoms with Crippen molar-refractivity contribution < 1.29 is 13.9 Å². The Balaban J connectivity index is 1.17. The minimum absolute atomic E-state index is 0.0501. The summed E-state index contributed by atoms with van der Waals surface area (Å²) < 4.78 is 21.6. The molecule has 1 aliphatic carbocycles. The monoisotopic (exact) mass is 502 g/mol. The summed E-state index contributed by atoms with van der Waals surface area (Å²) in [4.78, 5) is 25.3. The maximum atomic E-state index is 15.2. The highest BCUT2D eigenvalue weighted by Crippen LogP contribution is 2.40. The Morgan fingerprint density at radius 2 is 2.24 bits per heavy atom. The summed E-state index contributed by atoms with van der Waals surface area (Å²) in [5.41, 5.74) is 14.8. The number of thiazole rings is 1. The van der Waals surface area contributed by atoms with Gasteiger partial charge < -0.3 is 26.4 Å². The van der Waals surface area contributed by atoms with Crippen LogP contribution in [0.25, 0.3) is 9.53 Å². The van der Waals surface area contributed by atoms with Gasteiger partial charge in [0.1, 0.15) is 9.71 Å². The van der Waals surface area contributed by atoms with Crippen molar-refractivity contribution in [2.24, 2.45) is 11.1 Å². The average molecular weight is 503 g/mol. The molecule has 180 valence electrons. The van der Waals surface area contributed by atoms with Crippen LogP contribution in [0, 0.1) is 18.2 Å². The fourth-order valence-corrected chi connectivity index (χ4v) is 7.58. The molecule has 3 aromatic rings. The van der Waals surface area contributed by atoms with Crippen LogP contribution >= 0.6 is 22.7 Å². The fraction of sp³-hybridized carbons (Fsp3) is 0.522. The van der Waals surface area contributed by atoms with Gasteiger partial charge in [-0.25, -0.2) is 14.4 Å². The Kier molecular flexibility index (Phi) is 5.28. The number of aromatic nitrogens is 2. The molecule has 3 aromatic heterocycles. The van der Waals surface area contributed by atoms with Crippen molar-refractivity contribution in [1.29, 1.82) is 0 Å². The lowest BCUT2D eigenvalue weighted by Crippen LogP contribution is -2.40. The minimum atomic E-state index is -0.335. The molecule has 3 atom stereocenters. The van der Waals surface area contributed by atoms with Crippen LogP contribution in [-0.4, -0.2) is 54.3 Å². The quantitative estimate of drug-likeness (QED) is 0.504. The topological polar surface area (TPSA) is 119 Å². The van der Waals surface area contributed by atoms with Gasteiger partial charge >= 0.3 is 0 Å². The molecular formula is C23H27FN6O2S2. The third-order valence-corrected chi connectivity index (χ3v) is 9.63. The molecule has 2 saturated heterocycles. The molecule has 5 N–H and O–H groups in total. The second-order valence-electron chi connectivity index (χ2n) is 9.68. The number of anilines is 2. The first-order valence-electron chi connectivity index (χ1n) is 11.6. The molecule has 34 heavy (non-hydrogen) atoms. The fourth-order valence-electron chi connectivity index (χ4n) is 5.49. The van der Waals surface area contributed by atoms with E-state index in [0.717, 1.165) is 38.6 Å². The van der Waals surface area contributed by atoms with Gasteiger partial charge in [0.05, 0.1) is 22.0 Å². The number of nitrogens with two attached hydrogens (primary N) is 2. The highest BCUT2D eigenvalue weighted by molar-refractivity contribution is 7.29. The molecular weight excluding hydrogens is 475 g/mol. The van der Waals surface area contributed by atoms with E-state index in [1.807, 2.05) is 11.8 Å². The van der Waals surface area contributed by atoms with Gasteiger partial charge in [0.15, 0.2) is 11.6 Å². The second kappa shape index (κ2) is 8.11. The average Bonchev–Trinajstić information content (AvgIpc) is 3.55. The van der Waals surface area contributed by atoms with Crippen molar-refractivity contribution >= 4 is 49.6 Å². The van der Waals surface area contributed by atoms with Gasteiger partial charge in [-0.2, -0.15) is 0 Å². The smallest absolute Gasteiger partial charge is 0.263 e. The lowest BCUT2D eigenvalue weighted by Gasteiger charge is -2.28. The van der Waals surface area contributed by atoms with Crippen LogP contribution < -0.4 is 21.7 Å². The number of pyridine rings is 1. The molecule has 2 aliphatic heterocycles. The first-order valence-corrected chi connectivity index (χ1v) is 13.2. The Labute approximate surface area is 204 Å². The first kappa shape index (κ1) is 22.1. The summed E-state index contributed by atoms with van der Waals surface area (Å²) in [6, 6.07) is 1.44. The number of hydrogen-bond acceptors (Lipinski definition) is 9. The number of thiophene rings is 1. The molecule has 0 aromatic carbocycles. The number of ether oxygens (including phenoxy) is 1. The maximum absolute atomic E-state index is 15.2. The van der Waals surface area contributed by atoms with Gasteiger partial charge in [-0.15, -0.1) is 22.7 Å². The zero-order valence-electron chi connectivity index (χ0n) is 18.9. The van der Waals surface area contributed by atoms with Gasteiger partial charge in [-0.1, -0.05) is 0 Å². The Bertz CT molecular complexity index is 1280. The second-order valence-corrected chi connectivity index (χ2v) is 11.9. The van der Waals surface area contributed by atoms with Crippen LogP contribution in [-0.2, 0) is 17.6 Å². The zero-order chi connectivity index (χ0) is 23.6. The molecule has 1 spiro atoms. The zero-order valence-corrected chi connectivity index (χ0v) is 20.5. The third-order valence-electron chi connectivity index (χ3n) is 7.40. The molecule has 8 nitrogen and oxygen atoms in total. The van der Waals surface area contributed by atoms with Crippen LogP contribution in [0.3, 0.4) is 0 Å². The Hall–Kier alpha value is -2.34. The highest BCUT2D eigenvalue weighted by Gasteiger charge is 2.48. The molecule has 0 saturated carbocycles. The van der Waals surface area contributed by atoms with Crippen molar-refractivity contribution in [3.63, 3.8) is 0 Å². The summed E-state index contributed by atoms with van der Waals surface area (Å²) in [5.74, 6) is -0.147. The predicted octanol–water partition coefficient (Wildman–Crippen LogP) is 2.62. The van der Waals surface area contributed by atoms with Gasteiger partial charge in [0.25, 0.3) is 5.91 Å². The summed E-state index contributed by atoms with van der Waals surface area (Å²) in [6.07, 6.45) is 2.86. The van der Waals surface area contributed by atoms with Crippen LogP contribution in [0.1, 0.15) is 38.8 Å². The number of rotatable bonds is 3. The first-order chi connectivity index (χ1) is 16.3. The number of nitrogens with one attached hydrogen (secondary N) is 1.